The molecule has 1 N–H and O–H groups in total. The molecule has 5 nitrogen and oxygen atoms in total. The third-order valence-corrected chi connectivity index (χ3v) is 2.83. The molecule has 2 aromatic rings. The van der Waals surface area contributed by atoms with Gasteiger partial charge in [0.25, 0.3) is 0 Å². The number of aryl methyl sites for hydroxylation is 1. The molecule has 21 heavy (non-hydrogen) atoms. The maximum Gasteiger partial charge on any atom is 0.437 e. The summed E-state index contributed by atoms with van der Waals surface area (Å²) in [5.41, 5.74) is 2.45. The molecule has 0 saturated heterocycles. The first kappa shape index (κ1) is 14.6. The van der Waals surface area contributed by atoms with Crippen LogP contribution in [0.5, 0.6) is 5.75 Å². The van der Waals surface area contributed by atoms with Crippen LogP contribution in [0.1, 0.15) is 11.1 Å². The summed E-state index contributed by atoms with van der Waals surface area (Å²) in [6.45, 7) is 1.90. The Labute approximate surface area is 123 Å². The molecule has 0 spiro atoms. The minimum Gasteiger partial charge on any atom is -0.497 e. The van der Waals surface area contributed by atoms with Crippen LogP contribution >= 0.6 is 0 Å². The second-order valence-electron chi connectivity index (χ2n) is 4.33. The predicted octanol–water partition coefficient (Wildman–Crippen LogP) is 3.59. The lowest BCUT2D eigenvalue weighted by molar-refractivity contribution is 0.167. The number of ether oxygens (including phenoxy) is 1. The number of carbonyl (C=O) groups excluding carboxylic acids is 1. The zero-order valence-corrected chi connectivity index (χ0v) is 11.9. The van der Waals surface area contributed by atoms with Crippen LogP contribution in [0, 0.1) is 6.92 Å². The average molecular weight is 284 g/mol. The Morgan fingerprint density at radius 1 is 1.14 bits per heavy atom. The molecule has 0 bridgehead atoms. The Hall–Kier alpha value is -2.82. The van der Waals surface area contributed by atoms with Gasteiger partial charge in [-0.05, 0) is 48.4 Å². The van der Waals surface area contributed by atoms with Gasteiger partial charge in [0.2, 0.25) is 0 Å². The van der Waals surface area contributed by atoms with Gasteiger partial charge in [-0.25, -0.2) is 4.79 Å². The van der Waals surface area contributed by atoms with E-state index < -0.39 is 6.09 Å². The summed E-state index contributed by atoms with van der Waals surface area (Å²) < 4.78 is 5.05. The zero-order valence-electron chi connectivity index (χ0n) is 11.9. The van der Waals surface area contributed by atoms with Gasteiger partial charge in [0.15, 0.2) is 0 Å². The van der Waals surface area contributed by atoms with E-state index in [-0.39, 0.29) is 0 Å². The highest BCUT2D eigenvalue weighted by Crippen LogP contribution is 2.13. The van der Waals surface area contributed by atoms with Crippen molar-refractivity contribution in [1.29, 1.82) is 0 Å². The van der Waals surface area contributed by atoms with Crippen molar-refractivity contribution >= 4 is 18.0 Å². The van der Waals surface area contributed by atoms with Crippen molar-refractivity contribution in [3.05, 3.63) is 59.7 Å². The summed E-state index contributed by atoms with van der Waals surface area (Å²) >= 11 is 0. The lowest BCUT2D eigenvalue weighted by atomic mass is 10.2. The molecule has 0 aliphatic carbocycles. The van der Waals surface area contributed by atoms with Gasteiger partial charge < -0.3 is 4.74 Å². The van der Waals surface area contributed by atoms with Crippen molar-refractivity contribution in [2.24, 2.45) is 5.16 Å². The predicted molar refractivity (Wildman–Crippen MR) is 81.9 cm³/mol. The fourth-order valence-electron chi connectivity index (χ4n) is 1.67. The van der Waals surface area contributed by atoms with E-state index in [2.05, 4.69) is 10.5 Å². The van der Waals surface area contributed by atoms with Crippen LogP contribution in [-0.4, -0.2) is 19.4 Å². The van der Waals surface area contributed by atoms with Crippen LogP contribution in [0.25, 0.3) is 0 Å². The number of nitrogens with zero attached hydrogens (tertiary/aromatic N) is 1. The van der Waals surface area contributed by atoms with E-state index in [0.717, 1.165) is 16.9 Å². The Bertz CT molecular complexity index is 636. The molecular formula is C16H16N2O3. The van der Waals surface area contributed by atoms with Gasteiger partial charge in [0.1, 0.15) is 5.75 Å². The second-order valence-corrected chi connectivity index (χ2v) is 4.33. The van der Waals surface area contributed by atoms with E-state index in [0.29, 0.717) is 5.69 Å². The molecule has 0 aromatic heterocycles. The third kappa shape index (κ3) is 4.35. The quantitative estimate of drug-likeness (QED) is 0.530. The number of nitrogens with one attached hydrogen (secondary N) is 1. The van der Waals surface area contributed by atoms with E-state index in [1.807, 2.05) is 37.3 Å². The van der Waals surface area contributed by atoms with Crippen molar-refractivity contribution in [2.75, 3.05) is 12.4 Å². The Morgan fingerprint density at radius 3 is 2.52 bits per heavy atom. The molecule has 0 radical (unpaired) electrons. The van der Waals surface area contributed by atoms with Crippen molar-refractivity contribution in [3.8, 4) is 5.75 Å². The molecule has 0 aliphatic heterocycles. The Morgan fingerprint density at radius 2 is 1.86 bits per heavy atom. The lowest BCUT2D eigenvalue weighted by Gasteiger charge is -2.05. The normalized spacial score (nSPS) is 10.4. The van der Waals surface area contributed by atoms with Gasteiger partial charge in [0.05, 0.1) is 13.3 Å². The average Bonchev–Trinajstić information content (AvgIpc) is 2.50. The third-order valence-electron chi connectivity index (χ3n) is 2.83. The smallest absolute Gasteiger partial charge is 0.437 e. The van der Waals surface area contributed by atoms with Crippen LogP contribution in [0.4, 0.5) is 10.5 Å². The lowest BCUT2D eigenvalue weighted by Crippen LogP contribution is -2.11. The van der Waals surface area contributed by atoms with Crippen LogP contribution in [-0.2, 0) is 4.84 Å². The van der Waals surface area contributed by atoms with Gasteiger partial charge in [-0.3, -0.25) is 10.2 Å². The molecular weight excluding hydrogens is 268 g/mol. The molecule has 0 saturated carbocycles. The van der Waals surface area contributed by atoms with Gasteiger partial charge in [-0.15, -0.1) is 0 Å². The highest BCUT2D eigenvalue weighted by Gasteiger charge is 2.04. The van der Waals surface area contributed by atoms with E-state index >= 15 is 0 Å². The van der Waals surface area contributed by atoms with Gasteiger partial charge >= 0.3 is 6.09 Å². The molecule has 0 heterocycles. The fourth-order valence-corrected chi connectivity index (χ4v) is 1.67. The minimum absolute atomic E-state index is 0.630. The van der Waals surface area contributed by atoms with E-state index in [4.69, 9.17) is 9.57 Å². The number of para-hydroxylation sites is 1. The number of oxime groups is 1. The number of rotatable bonds is 4. The topological polar surface area (TPSA) is 59.9 Å². The summed E-state index contributed by atoms with van der Waals surface area (Å²) in [5.74, 6) is 0.755. The maximum absolute atomic E-state index is 11.6. The van der Waals surface area contributed by atoms with E-state index in [1.54, 1.807) is 25.3 Å². The van der Waals surface area contributed by atoms with Gasteiger partial charge in [0, 0.05) is 5.69 Å². The Kier molecular flexibility index (Phi) is 4.93. The van der Waals surface area contributed by atoms with Crippen LogP contribution in [0.2, 0.25) is 0 Å². The molecule has 0 fully saturated rings. The molecule has 2 rings (SSSR count). The number of hydrogen-bond donors (Lipinski definition) is 1. The number of amides is 1. The summed E-state index contributed by atoms with van der Waals surface area (Å²) in [7, 11) is 1.60. The summed E-state index contributed by atoms with van der Waals surface area (Å²) in [4.78, 5) is 16.3. The molecule has 5 heteroatoms. The SMILES string of the molecule is COc1ccc(C=NOC(=O)Nc2ccccc2C)cc1. The monoisotopic (exact) mass is 284 g/mol. The first-order valence-corrected chi connectivity index (χ1v) is 6.40. The zero-order chi connectivity index (χ0) is 15.1. The molecule has 0 atom stereocenters. The highest BCUT2D eigenvalue weighted by molar-refractivity contribution is 5.86. The van der Waals surface area contributed by atoms with Crippen molar-refractivity contribution in [3.63, 3.8) is 0 Å². The Balaban J connectivity index is 1.88. The number of carbonyl (C=O) groups is 1. The largest absolute Gasteiger partial charge is 0.497 e. The van der Waals surface area contributed by atoms with Crippen molar-refractivity contribution in [2.45, 2.75) is 6.92 Å². The molecule has 0 unspecified atom stereocenters. The van der Waals surface area contributed by atoms with Crippen molar-refractivity contribution in [1.82, 2.24) is 0 Å². The molecule has 1 amide bonds. The van der Waals surface area contributed by atoms with Crippen LogP contribution in [0.15, 0.2) is 53.7 Å². The van der Waals surface area contributed by atoms with Crippen LogP contribution < -0.4 is 10.1 Å². The van der Waals surface area contributed by atoms with Gasteiger partial charge in [-0.2, -0.15) is 0 Å². The number of hydrogen-bond acceptors (Lipinski definition) is 4. The number of methoxy groups -OCH3 is 1. The van der Waals surface area contributed by atoms with Gasteiger partial charge in [-0.1, -0.05) is 23.4 Å². The highest BCUT2D eigenvalue weighted by atomic mass is 16.7. The first-order valence-electron chi connectivity index (χ1n) is 6.40. The molecule has 108 valence electrons. The van der Waals surface area contributed by atoms with E-state index in [1.165, 1.54) is 6.21 Å². The second kappa shape index (κ2) is 7.09. The number of benzene rings is 2. The minimum atomic E-state index is -0.630. The first-order chi connectivity index (χ1) is 10.2. The maximum atomic E-state index is 11.6. The standard InChI is InChI=1S/C16H16N2O3/c1-12-5-3-4-6-15(12)18-16(19)21-17-11-13-7-9-14(20-2)10-8-13/h3-11H,1-2H3,(H,18,19). The van der Waals surface area contributed by atoms with Crippen molar-refractivity contribution < 1.29 is 14.4 Å². The fraction of sp³-hybridized carbons (Fsp3) is 0.125. The summed E-state index contributed by atoms with van der Waals surface area (Å²) in [6.07, 6.45) is 0.825. The van der Waals surface area contributed by atoms with E-state index in [9.17, 15) is 4.79 Å². The number of anilines is 1. The summed E-state index contributed by atoms with van der Waals surface area (Å²) in [6, 6.07) is 14.6. The molecule has 2 aromatic carbocycles. The molecule has 0 aliphatic rings. The van der Waals surface area contributed by atoms with Crippen LogP contribution in [0.3, 0.4) is 0 Å². The summed E-state index contributed by atoms with van der Waals surface area (Å²) in [5, 5.41) is 6.26.